The van der Waals surface area contributed by atoms with Crippen LogP contribution in [0.5, 0.6) is 0 Å². The Kier molecular flexibility index (Phi) is 7.23. The first-order valence-corrected chi connectivity index (χ1v) is 6.71. The topological polar surface area (TPSA) is 56.8 Å². The number of carbonyl (C=O) groups excluding carboxylic acids is 1. The lowest BCUT2D eigenvalue weighted by molar-refractivity contribution is -0.147. The van der Waals surface area contributed by atoms with E-state index in [0.717, 1.165) is 19.6 Å². The third kappa shape index (κ3) is 5.80. The Bertz CT molecular complexity index is 239. The van der Waals surface area contributed by atoms with Gasteiger partial charge in [-0.05, 0) is 13.3 Å². The van der Waals surface area contributed by atoms with Gasteiger partial charge in [0.05, 0.1) is 26.4 Å². The Morgan fingerprint density at radius 3 is 2.83 bits per heavy atom. The molecule has 1 aliphatic heterocycles. The van der Waals surface area contributed by atoms with Gasteiger partial charge in [0.2, 0.25) is 0 Å². The summed E-state index contributed by atoms with van der Waals surface area (Å²) in [5.74, 6) is 0.223. The Balaban J connectivity index is 2.27. The Morgan fingerprint density at radius 2 is 2.28 bits per heavy atom. The van der Waals surface area contributed by atoms with E-state index in [9.17, 15) is 4.79 Å². The average Bonchev–Trinajstić information content (AvgIpc) is 2.80. The largest absolute Gasteiger partial charge is 0.465 e. The molecule has 2 unspecified atom stereocenters. The summed E-state index contributed by atoms with van der Waals surface area (Å²) in [6, 6.07) is -0.162. The Morgan fingerprint density at radius 1 is 1.50 bits per heavy atom. The molecule has 0 amide bonds. The van der Waals surface area contributed by atoms with E-state index in [1.54, 1.807) is 6.92 Å². The second kappa shape index (κ2) is 8.45. The summed E-state index contributed by atoms with van der Waals surface area (Å²) in [7, 11) is 0. The van der Waals surface area contributed by atoms with Crippen LogP contribution in [-0.2, 0) is 19.0 Å². The molecule has 1 saturated heterocycles. The summed E-state index contributed by atoms with van der Waals surface area (Å²) in [5, 5.41) is 3.16. The van der Waals surface area contributed by atoms with Crippen LogP contribution in [-0.4, -0.2) is 51.1 Å². The highest BCUT2D eigenvalue weighted by atomic mass is 16.5. The molecule has 18 heavy (non-hydrogen) atoms. The second-order valence-electron chi connectivity index (χ2n) is 4.89. The zero-order valence-corrected chi connectivity index (χ0v) is 11.6. The summed E-state index contributed by atoms with van der Waals surface area (Å²) in [5.41, 5.74) is 0. The van der Waals surface area contributed by atoms with Crippen molar-refractivity contribution < 1.29 is 19.0 Å². The minimum atomic E-state index is -0.382. The molecule has 5 heteroatoms. The Hall–Kier alpha value is -0.650. The summed E-state index contributed by atoms with van der Waals surface area (Å²) in [6.07, 6.45) is 1.04. The fraction of sp³-hybridized carbons (Fsp3) is 0.923. The van der Waals surface area contributed by atoms with E-state index in [0.29, 0.717) is 25.7 Å². The van der Waals surface area contributed by atoms with Crippen LogP contribution in [0.4, 0.5) is 0 Å². The van der Waals surface area contributed by atoms with Gasteiger partial charge in [-0.2, -0.15) is 0 Å². The normalized spacial score (nSPS) is 21.2. The van der Waals surface area contributed by atoms with Gasteiger partial charge in [0.25, 0.3) is 0 Å². The number of ether oxygens (including phenoxy) is 3. The molecule has 2 atom stereocenters. The molecule has 1 heterocycles. The van der Waals surface area contributed by atoms with Crippen molar-refractivity contribution in [3.63, 3.8) is 0 Å². The molecule has 1 aliphatic rings. The van der Waals surface area contributed by atoms with Crippen LogP contribution >= 0.6 is 0 Å². The molecule has 1 fully saturated rings. The lowest BCUT2D eigenvalue weighted by atomic mass is 10.1. The quantitative estimate of drug-likeness (QED) is 0.658. The van der Waals surface area contributed by atoms with Crippen molar-refractivity contribution in [2.24, 2.45) is 5.92 Å². The maximum Gasteiger partial charge on any atom is 0.325 e. The van der Waals surface area contributed by atoms with Gasteiger partial charge in [-0.25, -0.2) is 0 Å². The van der Waals surface area contributed by atoms with Crippen LogP contribution in [0, 0.1) is 5.92 Å². The summed E-state index contributed by atoms with van der Waals surface area (Å²) in [4.78, 5) is 11.7. The fourth-order valence-corrected chi connectivity index (χ4v) is 1.90. The average molecular weight is 259 g/mol. The zero-order valence-electron chi connectivity index (χ0n) is 11.6. The highest BCUT2D eigenvalue weighted by Gasteiger charge is 2.22. The van der Waals surface area contributed by atoms with E-state index >= 15 is 0 Å². The SMILES string of the molecule is CCOC(=O)C(COCC1CCOC1)NC(C)C. The standard InChI is InChI=1S/C13H25NO4/c1-4-18-13(15)12(14-10(2)3)9-17-8-11-5-6-16-7-11/h10-12,14H,4-9H2,1-3H3. The molecule has 0 aromatic carbocycles. The van der Waals surface area contributed by atoms with Gasteiger partial charge in [-0.15, -0.1) is 0 Å². The molecule has 0 bridgehead atoms. The summed E-state index contributed by atoms with van der Waals surface area (Å²) in [6.45, 7) is 8.78. The molecule has 5 nitrogen and oxygen atoms in total. The maximum absolute atomic E-state index is 11.7. The highest BCUT2D eigenvalue weighted by molar-refractivity contribution is 5.75. The molecule has 0 aliphatic carbocycles. The van der Waals surface area contributed by atoms with E-state index in [-0.39, 0.29) is 18.1 Å². The van der Waals surface area contributed by atoms with Crippen molar-refractivity contribution in [3.8, 4) is 0 Å². The van der Waals surface area contributed by atoms with Crippen molar-refractivity contribution in [1.82, 2.24) is 5.32 Å². The van der Waals surface area contributed by atoms with E-state index in [4.69, 9.17) is 14.2 Å². The second-order valence-corrected chi connectivity index (χ2v) is 4.89. The van der Waals surface area contributed by atoms with Crippen molar-refractivity contribution in [2.75, 3.05) is 33.0 Å². The molecule has 0 spiro atoms. The van der Waals surface area contributed by atoms with Crippen LogP contribution in [0.25, 0.3) is 0 Å². The summed E-state index contributed by atoms with van der Waals surface area (Å²) < 4.78 is 15.9. The van der Waals surface area contributed by atoms with Gasteiger partial charge < -0.3 is 19.5 Å². The van der Waals surface area contributed by atoms with Crippen molar-refractivity contribution >= 4 is 5.97 Å². The van der Waals surface area contributed by atoms with Gasteiger partial charge >= 0.3 is 5.97 Å². The highest BCUT2D eigenvalue weighted by Crippen LogP contribution is 2.12. The fourth-order valence-electron chi connectivity index (χ4n) is 1.90. The monoisotopic (exact) mass is 259 g/mol. The first-order valence-electron chi connectivity index (χ1n) is 6.71. The number of carbonyl (C=O) groups is 1. The van der Waals surface area contributed by atoms with Gasteiger partial charge in [0.15, 0.2) is 0 Å². The van der Waals surface area contributed by atoms with E-state index < -0.39 is 0 Å². The third-order valence-corrected chi connectivity index (χ3v) is 2.77. The minimum absolute atomic E-state index is 0.220. The van der Waals surface area contributed by atoms with Crippen LogP contribution in [0.1, 0.15) is 27.2 Å². The third-order valence-electron chi connectivity index (χ3n) is 2.77. The molecule has 0 saturated carbocycles. The first-order chi connectivity index (χ1) is 8.63. The van der Waals surface area contributed by atoms with Gasteiger partial charge in [-0.3, -0.25) is 4.79 Å². The van der Waals surface area contributed by atoms with Gasteiger partial charge in [0, 0.05) is 18.6 Å². The van der Waals surface area contributed by atoms with Gasteiger partial charge in [-0.1, -0.05) is 13.8 Å². The predicted molar refractivity (Wildman–Crippen MR) is 68.4 cm³/mol. The molecule has 0 radical (unpaired) electrons. The summed E-state index contributed by atoms with van der Waals surface area (Å²) >= 11 is 0. The lowest BCUT2D eigenvalue weighted by Gasteiger charge is -2.20. The maximum atomic E-state index is 11.7. The van der Waals surface area contributed by atoms with Crippen LogP contribution < -0.4 is 5.32 Å². The minimum Gasteiger partial charge on any atom is -0.465 e. The molecule has 1 N–H and O–H groups in total. The smallest absolute Gasteiger partial charge is 0.325 e. The van der Waals surface area contributed by atoms with Gasteiger partial charge in [0.1, 0.15) is 6.04 Å². The van der Waals surface area contributed by atoms with Crippen LogP contribution in [0.2, 0.25) is 0 Å². The Labute approximate surface area is 109 Å². The number of rotatable bonds is 8. The number of hydrogen-bond donors (Lipinski definition) is 1. The van der Waals surface area contributed by atoms with Crippen molar-refractivity contribution in [3.05, 3.63) is 0 Å². The van der Waals surface area contributed by atoms with Crippen molar-refractivity contribution in [1.29, 1.82) is 0 Å². The predicted octanol–water partition coefficient (Wildman–Crippen LogP) is 0.969. The lowest BCUT2D eigenvalue weighted by Crippen LogP contribution is -2.45. The molecular weight excluding hydrogens is 234 g/mol. The van der Waals surface area contributed by atoms with Crippen LogP contribution in [0.15, 0.2) is 0 Å². The molecule has 0 aromatic heterocycles. The molecule has 1 rings (SSSR count). The number of esters is 1. The van der Waals surface area contributed by atoms with E-state index in [1.807, 2.05) is 13.8 Å². The molecule has 106 valence electrons. The molecule has 0 aromatic rings. The molecular formula is C13H25NO4. The number of nitrogens with one attached hydrogen (secondary N) is 1. The van der Waals surface area contributed by atoms with E-state index in [2.05, 4.69) is 5.32 Å². The number of hydrogen-bond acceptors (Lipinski definition) is 5. The zero-order chi connectivity index (χ0) is 13.4. The van der Waals surface area contributed by atoms with Crippen molar-refractivity contribution in [2.45, 2.75) is 39.3 Å². The van der Waals surface area contributed by atoms with E-state index in [1.165, 1.54) is 0 Å². The van der Waals surface area contributed by atoms with Crippen LogP contribution in [0.3, 0.4) is 0 Å². The first kappa shape index (κ1) is 15.4.